The second kappa shape index (κ2) is 7.25. The van der Waals surface area contributed by atoms with E-state index in [1.54, 1.807) is 15.9 Å². The molecule has 2 aliphatic heterocycles. The SMILES string of the molecule is CCN(Cc1ccc(Cl)s1)C(=O)[C@@H]1CC(=O)N([C@@H]2CCS(=O)(=O)C2)C1. The van der Waals surface area contributed by atoms with Gasteiger partial charge in [0.05, 0.1) is 28.3 Å². The molecule has 9 heteroatoms. The highest BCUT2D eigenvalue weighted by molar-refractivity contribution is 7.91. The van der Waals surface area contributed by atoms with Crippen molar-refractivity contribution in [2.45, 2.75) is 32.4 Å². The van der Waals surface area contributed by atoms with Crippen LogP contribution in [0.3, 0.4) is 0 Å². The van der Waals surface area contributed by atoms with E-state index in [-0.39, 0.29) is 35.8 Å². The highest BCUT2D eigenvalue weighted by Gasteiger charge is 2.42. The second-order valence-corrected chi connectivity index (χ2v) is 10.6. The van der Waals surface area contributed by atoms with Gasteiger partial charge in [-0.2, -0.15) is 0 Å². The highest BCUT2D eigenvalue weighted by Crippen LogP contribution is 2.28. The average molecular weight is 405 g/mol. The van der Waals surface area contributed by atoms with Gasteiger partial charge in [0.1, 0.15) is 0 Å². The Bertz CT molecular complexity index is 777. The van der Waals surface area contributed by atoms with E-state index in [2.05, 4.69) is 0 Å². The highest BCUT2D eigenvalue weighted by atomic mass is 35.5. The van der Waals surface area contributed by atoms with E-state index in [9.17, 15) is 18.0 Å². The summed E-state index contributed by atoms with van der Waals surface area (Å²) in [6.45, 7) is 3.26. The molecule has 3 rings (SSSR count). The van der Waals surface area contributed by atoms with Crippen LogP contribution in [0.2, 0.25) is 4.34 Å². The lowest BCUT2D eigenvalue weighted by molar-refractivity contribution is -0.136. The van der Waals surface area contributed by atoms with Crippen molar-refractivity contribution in [1.82, 2.24) is 9.80 Å². The van der Waals surface area contributed by atoms with Crippen LogP contribution in [-0.2, 0) is 26.0 Å². The molecule has 0 bridgehead atoms. The van der Waals surface area contributed by atoms with E-state index < -0.39 is 15.8 Å². The van der Waals surface area contributed by atoms with Crippen LogP contribution in [0.1, 0.15) is 24.6 Å². The van der Waals surface area contributed by atoms with Crippen molar-refractivity contribution in [3.63, 3.8) is 0 Å². The molecule has 0 N–H and O–H groups in total. The van der Waals surface area contributed by atoms with E-state index >= 15 is 0 Å². The lowest BCUT2D eigenvalue weighted by atomic mass is 10.1. The summed E-state index contributed by atoms with van der Waals surface area (Å²) in [5, 5.41) is 0. The monoisotopic (exact) mass is 404 g/mol. The fourth-order valence-corrected chi connectivity index (χ4v) is 6.33. The zero-order valence-electron chi connectivity index (χ0n) is 14.0. The van der Waals surface area contributed by atoms with Gasteiger partial charge in [-0.1, -0.05) is 11.6 Å². The predicted octanol–water partition coefficient (Wildman–Crippen LogP) is 1.79. The molecule has 2 aliphatic rings. The van der Waals surface area contributed by atoms with Gasteiger partial charge >= 0.3 is 0 Å². The lowest BCUT2D eigenvalue weighted by Crippen LogP contribution is -2.40. The van der Waals surface area contributed by atoms with E-state index in [0.29, 0.717) is 30.4 Å². The van der Waals surface area contributed by atoms with Gasteiger partial charge < -0.3 is 9.80 Å². The zero-order chi connectivity index (χ0) is 18.2. The molecule has 25 heavy (non-hydrogen) atoms. The minimum atomic E-state index is -3.05. The molecule has 3 heterocycles. The first-order valence-electron chi connectivity index (χ1n) is 8.32. The first-order chi connectivity index (χ1) is 11.8. The molecule has 1 aromatic heterocycles. The Hall–Kier alpha value is -1.12. The van der Waals surface area contributed by atoms with Crippen LogP contribution in [0.25, 0.3) is 0 Å². The predicted molar refractivity (Wildman–Crippen MR) is 97.3 cm³/mol. The van der Waals surface area contributed by atoms with Crippen LogP contribution in [0.5, 0.6) is 0 Å². The van der Waals surface area contributed by atoms with Gasteiger partial charge in [0.2, 0.25) is 11.8 Å². The van der Waals surface area contributed by atoms with Gasteiger partial charge in [-0.3, -0.25) is 9.59 Å². The number of sulfone groups is 1. The standard InChI is InChI=1S/C16H21ClN2O4S2/c1-2-18(9-13-3-4-14(17)24-13)16(21)11-7-15(20)19(8-11)12-5-6-25(22,23)10-12/h3-4,11-12H,2,5-10H2,1H3/t11-,12-/m1/s1. The molecule has 2 amide bonds. The normalized spacial score (nSPS) is 25.5. The molecule has 0 saturated carbocycles. The number of rotatable bonds is 5. The van der Waals surface area contributed by atoms with Crippen molar-refractivity contribution in [3.8, 4) is 0 Å². The Morgan fingerprint density at radius 1 is 1.44 bits per heavy atom. The molecule has 2 fully saturated rings. The summed E-state index contributed by atoms with van der Waals surface area (Å²) in [6.07, 6.45) is 0.636. The van der Waals surface area contributed by atoms with Crippen LogP contribution in [-0.4, -0.2) is 60.7 Å². The van der Waals surface area contributed by atoms with E-state index in [4.69, 9.17) is 11.6 Å². The molecule has 0 spiro atoms. The third-order valence-corrected chi connectivity index (χ3v) is 7.79. The topological polar surface area (TPSA) is 74.8 Å². The largest absolute Gasteiger partial charge is 0.338 e. The van der Waals surface area contributed by atoms with Gasteiger partial charge in [0.15, 0.2) is 9.84 Å². The van der Waals surface area contributed by atoms with Crippen molar-refractivity contribution in [2.24, 2.45) is 5.92 Å². The Morgan fingerprint density at radius 3 is 2.76 bits per heavy atom. The third kappa shape index (κ3) is 4.17. The minimum Gasteiger partial charge on any atom is -0.338 e. The van der Waals surface area contributed by atoms with Gasteiger partial charge in [-0.15, -0.1) is 11.3 Å². The second-order valence-electron chi connectivity index (χ2n) is 6.56. The number of halogens is 1. The zero-order valence-corrected chi connectivity index (χ0v) is 16.4. The fraction of sp³-hybridized carbons (Fsp3) is 0.625. The number of hydrogen-bond donors (Lipinski definition) is 0. The molecule has 0 radical (unpaired) electrons. The minimum absolute atomic E-state index is 0.0187. The Labute approximate surface area is 156 Å². The van der Waals surface area contributed by atoms with Gasteiger partial charge in [-0.25, -0.2) is 8.42 Å². The van der Waals surface area contributed by atoms with Crippen molar-refractivity contribution >= 4 is 44.6 Å². The van der Waals surface area contributed by atoms with Crippen molar-refractivity contribution in [2.75, 3.05) is 24.6 Å². The summed E-state index contributed by atoms with van der Waals surface area (Å²) in [5.74, 6) is -0.420. The van der Waals surface area contributed by atoms with E-state index in [1.165, 1.54) is 11.3 Å². The molecule has 6 nitrogen and oxygen atoms in total. The first kappa shape index (κ1) is 18.7. The maximum absolute atomic E-state index is 12.8. The summed E-state index contributed by atoms with van der Waals surface area (Å²) < 4.78 is 24.0. The van der Waals surface area contributed by atoms with Crippen molar-refractivity contribution in [1.29, 1.82) is 0 Å². The maximum atomic E-state index is 12.8. The number of likely N-dealkylation sites (tertiary alicyclic amines) is 1. The summed E-state index contributed by atoms with van der Waals surface area (Å²) in [6, 6.07) is 3.43. The molecule has 2 atom stereocenters. The van der Waals surface area contributed by atoms with E-state index in [1.807, 2.05) is 13.0 Å². The first-order valence-corrected chi connectivity index (χ1v) is 11.3. The molecule has 0 aromatic carbocycles. The lowest BCUT2D eigenvalue weighted by Gasteiger charge is -2.25. The summed E-state index contributed by atoms with van der Waals surface area (Å²) in [4.78, 5) is 29.5. The molecule has 2 saturated heterocycles. The quantitative estimate of drug-likeness (QED) is 0.749. The van der Waals surface area contributed by atoms with Crippen LogP contribution >= 0.6 is 22.9 Å². The Kier molecular flexibility index (Phi) is 5.41. The number of nitrogens with zero attached hydrogens (tertiary/aromatic N) is 2. The van der Waals surface area contributed by atoms with Crippen molar-refractivity contribution < 1.29 is 18.0 Å². The van der Waals surface area contributed by atoms with Crippen LogP contribution in [0.4, 0.5) is 0 Å². The molecular formula is C16H21ClN2O4S2. The molecule has 1 aromatic rings. The number of carbonyl (C=O) groups is 2. The summed E-state index contributed by atoms with van der Waals surface area (Å²) in [7, 11) is -3.05. The molecule has 138 valence electrons. The molecule has 0 aliphatic carbocycles. The van der Waals surface area contributed by atoms with E-state index in [0.717, 1.165) is 4.88 Å². The van der Waals surface area contributed by atoms with Gasteiger partial charge in [0, 0.05) is 30.4 Å². The summed E-state index contributed by atoms with van der Waals surface area (Å²) in [5.41, 5.74) is 0. The van der Waals surface area contributed by atoms with Crippen LogP contribution < -0.4 is 0 Å². The number of hydrogen-bond acceptors (Lipinski definition) is 5. The molecular weight excluding hydrogens is 384 g/mol. The average Bonchev–Trinajstić information content (AvgIpc) is 3.23. The third-order valence-electron chi connectivity index (χ3n) is 4.83. The number of amides is 2. The fourth-order valence-electron chi connectivity index (χ4n) is 3.50. The Balaban J connectivity index is 1.65. The van der Waals surface area contributed by atoms with Gasteiger partial charge in [0.25, 0.3) is 0 Å². The van der Waals surface area contributed by atoms with Crippen molar-refractivity contribution in [3.05, 3.63) is 21.3 Å². The number of thiophene rings is 1. The van der Waals surface area contributed by atoms with Crippen LogP contribution in [0, 0.1) is 5.92 Å². The smallest absolute Gasteiger partial charge is 0.228 e. The van der Waals surface area contributed by atoms with Crippen LogP contribution in [0.15, 0.2) is 12.1 Å². The summed E-state index contributed by atoms with van der Waals surface area (Å²) >= 11 is 7.38. The maximum Gasteiger partial charge on any atom is 0.228 e. The Morgan fingerprint density at radius 2 is 2.20 bits per heavy atom. The number of carbonyl (C=O) groups excluding carboxylic acids is 2. The van der Waals surface area contributed by atoms with Gasteiger partial charge in [-0.05, 0) is 25.5 Å². The molecule has 0 unspecified atom stereocenters.